The molecular weight excluding hydrogens is 516 g/mol. The molecule has 1 fully saturated rings. The molecule has 1 aliphatic rings. The van der Waals surface area contributed by atoms with Gasteiger partial charge in [-0.3, -0.25) is 9.80 Å². The number of aromatic nitrogens is 4. The molecule has 6 nitrogen and oxygen atoms in total. The zero-order valence-electron chi connectivity index (χ0n) is 24.0. The van der Waals surface area contributed by atoms with Crippen LogP contribution in [0.4, 0.5) is 0 Å². The number of hydrogen-bond acceptors (Lipinski definition) is 5. The lowest BCUT2D eigenvalue weighted by molar-refractivity contribution is 0.112. The van der Waals surface area contributed by atoms with Crippen LogP contribution in [0.25, 0.3) is 6.08 Å². The Hall–Kier alpha value is -4.39. The molecule has 0 amide bonds. The molecule has 212 valence electrons. The van der Waals surface area contributed by atoms with Gasteiger partial charge in [0.15, 0.2) is 5.82 Å². The lowest BCUT2D eigenvalue weighted by Gasteiger charge is -2.38. The summed E-state index contributed by atoms with van der Waals surface area (Å²) in [5.74, 6) is 1.19. The third kappa shape index (κ3) is 6.90. The van der Waals surface area contributed by atoms with Crippen molar-refractivity contribution in [3.63, 3.8) is 0 Å². The molecule has 42 heavy (non-hydrogen) atoms. The van der Waals surface area contributed by atoms with Crippen LogP contribution >= 0.6 is 0 Å². The van der Waals surface area contributed by atoms with Crippen LogP contribution in [0.1, 0.15) is 46.5 Å². The van der Waals surface area contributed by atoms with E-state index in [1.165, 1.54) is 22.3 Å². The SMILES string of the molecule is C(=C\c1ccccc1)/CN1CCN([C@@H](c2ccccc2)c2nnnn2CCC(c2ccccc2)c2ccccc2)CC1. The topological polar surface area (TPSA) is 50.1 Å². The van der Waals surface area contributed by atoms with Gasteiger partial charge in [0.25, 0.3) is 0 Å². The summed E-state index contributed by atoms with van der Waals surface area (Å²) in [6.07, 6.45) is 5.40. The van der Waals surface area contributed by atoms with Crippen molar-refractivity contribution in [2.45, 2.75) is 24.9 Å². The van der Waals surface area contributed by atoms with Gasteiger partial charge in [-0.1, -0.05) is 133 Å². The molecule has 6 rings (SSSR count). The monoisotopic (exact) mass is 554 g/mol. The molecule has 2 heterocycles. The van der Waals surface area contributed by atoms with E-state index in [1.807, 2.05) is 4.68 Å². The number of rotatable bonds is 11. The van der Waals surface area contributed by atoms with Gasteiger partial charge in [0, 0.05) is 45.2 Å². The first-order valence-electron chi connectivity index (χ1n) is 14.9. The lowest BCUT2D eigenvalue weighted by Crippen LogP contribution is -2.48. The maximum atomic E-state index is 4.63. The third-order valence-corrected chi connectivity index (χ3v) is 8.20. The van der Waals surface area contributed by atoms with Gasteiger partial charge in [-0.25, -0.2) is 4.68 Å². The Bertz CT molecular complexity index is 1470. The van der Waals surface area contributed by atoms with Crippen molar-refractivity contribution in [1.82, 2.24) is 30.0 Å². The molecule has 0 aliphatic carbocycles. The second-order valence-electron chi connectivity index (χ2n) is 10.9. The van der Waals surface area contributed by atoms with Crippen LogP contribution in [0, 0.1) is 0 Å². The Kier molecular flexibility index (Phi) is 9.25. The highest BCUT2D eigenvalue weighted by Crippen LogP contribution is 2.31. The summed E-state index contributed by atoms with van der Waals surface area (Å²) in [7, 11) is 0. The second-order valence-corrected chi connectivity index (χ2v) is 10.9. The highest BCUT2D eigenvalue weighted by Gasteiger charge is 2.30. The Balaban J connectivity index is 1.18. The van der Waals surface area contributed by atoms with Gasteiger partial charge >= 0.3 is 0 Å². The van der Waals surface area contributed by atoms with Crippen LogP contribution < -0.4 is 0 Å². The summed E-state index contributed by atoms with van der Waals surface area (Å²) in [5, 5.41) is 13.3. The number of tetrazole rings is 1. The smallest absolute Gasteiger partial charge is 0.173 e. The molecule has 1 atom stereocenters. The van der Waals surface area contributed by atoms with Crippen molar-refractivity contribution < 1.29 is 0 Å². The number of nitrogens with zero attached hydrogens (tertiary/aromatic N) is 6. The van der Waals surface area contributed by atoms with Crippen molar-refractivity contribution in [3.05, 3.63) is 155 Å². The molecule has 1 saturated heterocycles. The minimum Gasteiger partial charge on any atom is -0.297 e. The fraction of sp³-hybridized carbons (Fsp3) is 0.250. The first kappa shape index (κ1) is 27.8. The summed E-state index contributed by atoms with van der Waals surface area (Å²) >= 11 is 0. The summed E-state index contributed by atoms with van der Waals surface area (Å²) < 4.78 is 2.03. The van der Waals surface area contributed by atoms with Crippen LogP contribution in [0.3, 0.4) is 0 Å². The summed E-state index contributed by atoms with van der Waals surface area (Å²) in [5.41, 5.74) is 5.10. The molecule has 0 N–H and O–H groups in total. The van der Waals surface area contributed by atoms with Crippen LogP contribution in [0.5, 0.6) is 0 Å². The first-order valence-corrected chi connectivity index (χ1v) is 14.9. The van der Waals surface area contributed by atoms with Crippen LogP contribution in [0.2, 0.25) is 0 Å². The Morgan fingerprint density at radius 3 is 1.79 bits per heavy atom. The summed E-state index contributed by atoms with van der Waals surface area (Å²) in [6, 6.07) is 42.8. The molecule has 6 heteroatoms. The zero-order chi connectivity index (χ0) is 28.4. The van der Waals surface area contributed by atoms with Gasteiger partial charge in [0.1, 0.15) is 0 Å². The van der Waals surface area contributed by atoms with Gasteiger partial charge in [0.2, 0.25) is 0 Å². The average molecular weight is 555 g/mol. The Morgan fingerprint density at radius 2 is 1.19 bits per heavy atom. The quantitative estimate of drug-likeness (QED) is 0.191. The largest absolute Gasteiger partial charge is 0.297 e. The minimum absolute atomic E-state index is 0.00936. The molecule has 5 aromatic rings. The molecule has 0 unspecified atom stereocenters. The zero-order valence-corrected chi connectivity index (χ0v) is 24.0. The van der Waals surface area contributed by atoms with Gasteiger partial charge in [0.05, 0.1) is 6.04 Å². The Morgan fingerprint density at radius 1 is 0.643 bits per heavy atom. The van der Waals surface area contributed by atoms with E-state index >= 15 is 0 Å². The standard InChI is InChI=1S/C36H38N6/c1-5-14-30(15-6-1)16-13-24-40-26-28-41(29-27-40)35(33-21-11-4-12-22-33)36-37-38-39-42(36)25-23-34(31-17-7-2-8-18-31)32-19-9-3-10-20-32/h1-22,34-35H,23-29H2/b16-13+/t35-/m0/s1. The molecular formula is C36H38N6. The maximum Gasteiger partial charge on any atom is 0.173 e. The highest BCUT2D eigenvalue weighted by atomic mass is 15.6. The Labute approximate surface area is 248 Å². The maximum absolute atomic E-state index is 4.63. The lowest BCUT2D eigenvalue weighted by atomic mass is 9.88. The van der Waals surface area contributed by atoms with Crippen molar-refractivity contribution in [3.8, 4) is 0 Å². The van der Waals surface area contributed by atoms with E-state index in [2.05, 4.69) is 159 Å². The van der Waals surface area contributed by atoms with E-state index in [9.17, 15) is 0 Å². The van der Waals surface area contributed by atoms with E-state index in [1.54, 1.807) is 0 Å². The van der Waals surface area contributed by atoms with E-state index in [4.69, 9.17) is 0 Å². The fourth-order valence-corrected chi connectivity index (χ4v) is 5.98. The average Bonchev–Trinajstić information content (AvgIpc) is 3.52. The van der Waals surface area contributed by atoms with Crippen LogP contribution in [-0.4, -0.2) is 62.7 Å². The first-order chi connectivity index (χ1) is 20.8. The molecule has 1 aliphatic heterocycles. The summed E-state index contributed by atoms with van der Waals surface area (Å²) in [4.78, 5) is 5.06. The van der Waals surface area contributed by atoms with Crippen molar-refractivity contribution in [2.24, 2.45) is 0 Å². The van der Waals surface area contributed by atoms with Gasteiger partial charge in [-0.15, -0.1) is 5.10 Å². The predicted octanol–water partition coefficient (Wildman–Crippen LogP) is 6.32. The molecule has 0 radical (unpaired) electrons. The fourth-order valence-electron chi connectivity index (χ4n) is 5.98. The normalized spacial score (nSPS) is 15.4. The van der Waals surface area contributed by atoms with Crippen LogP contribution in [-0.2, 0) is 6.54 Å². The molecule has 1 aromatic heterocycles. The minimum atomic E-state index is 0.00936. The predicted molar refractivity (Wildman–Crippen MR) is 169 cm³/mol. The van der Waals surface area contributed by atoms with Crippen LogP contribution in [0.15, 0.2) is 127 Å². The molecule has 0 bridgehead atoms. The molecule has 0 saturated carbocycles. The van der Waals surface area contributed by atoms with Crippen molar-refractivity contribution >= 4 is 6.08 Å². The van der Waals surface area contributed by atoms with Gasteiger partial charge in [-0.2, -0.15) is 0 Å². The molecule has 0 spiro atoms. The highest BCUT2D eigenvalue weighted by molar-refractivity contribution is 5.48. The number of piperazine rings is 1. The summed E-state index contributed by atoms with van der Waals surface area (Å²) in [6.45, 7) is 5.63. The number of aryl methyl sites for hydroxylation is 1. The van der Waals surface area contributed by atoms with E-state index in [0.717, 1.165) is 51.5 Å². The second kappa shape index (κ2) is 14.0. The number of benzene rings is 4. The van der Waals surface area contributed by atoms with E-state index in [-0.39, 0.29) is 12.0 Å². The van der Waals surface area contributed by atoms with Gasteiger partial charge < -0.3 is 0 Å². The van der Waals surface area contributed by atoms with Crippen molar-refractivity contribution in [2.75, 3.05) is 32.7 Å². The van der Waals surface area contributed by atoms with E-state index in [0.29, 0.717) is 0 Å². The number of hydrogen-bond donors (Lipinski definition) is 0. The molecule has 4 aromatic carbocycles. The van der Waals surface area contributed by atoms with Gasteiger partial charge in [-0.05, 0) is 39.1 Å². The third-order valence-electron chi connectivity index (χ3n) is 8.20. The van der Waals surface area contributed by atoms with E-state index < -0.39 is 0 Å². The van der Waals surface area contributed by atoms with Crippen molar-refractivity contribution in [1.29, 1.82) is 0 Å².